The van der Waals surface area contributed by atoms with Gasteiger partial charge in [0.1, 0.15) is 5.82 Å². The summed E-state index contributed by atoms with van der Waals surface area (Å²) in [5.74, 6) is 0.496. The van der Waals surface area contributed by atoms with E-state index in [4.69, 9.17) is 5.73 Å². The Kier molecular flexibility index (Phi) is 2.53. The lowest BCUT2D eigenvalue weighted by atomic mass is 10.4. The van der Waals surface area contributed by atoms with Crippen LogP contribution in [0.3, 0.4) is 0 Å². The number of imidazole rings is 1. The molecule has 0 saturated carbocycles. The summed E-state index contributed by atoms with van der Waals surface area (Å²) in [5, 5.41) is 0. The van der Waals surface area contributed by atoms with E-state index in [1.165, 1.54) is 0 Å². The standard InChI is InChI=1S/C10H12N4O/c11-9-7-13(8-12-9)5-6-14-4-2-1-3-10(14)15/h1-4,7-8H,5-6,11H2. The number of pyridine rings is 1. The summed E-state index contributed by atoms with van der Waals surface area (Å²) >= 11 is 0. The largest absolute Gasteiger partial charge is 0.382 e. The quantitative estimate of drug-likeness (QED) is 0.783. The van der Waals surface area contributed by atoms with E-state index < -0.39 is 0 Å². The van der Waals surface area contributed by atoms with Crippen LogP contribution in [0.5, 0.6) is 0 Å². The van der Waals surface area contributed by atoms with Crippen LogP contribution in [0.25, 0.3) is 0 Å². The van der Waals surface area contributed by atoms with Gasteiger partial charge in [-0.1, -0.05) is 6.07 Å². The molecule has 2 aromatic heterocycles. The highest BCUT2D eigenvalue weighted by atomic mass is 16.1. The lowest BCUT2D eigenvalue weighted by Crippen LogP contribution is -2.20. The third-order valence-corrected chi connectivity index (χ3v) is 2.15. The van der Waals surface area contributed by atoms with Crippen molar-refractivity contribution in [3.63, 3.8) is 0 Å². The van der Waals surface area contributed by atoms with E-state index in [0.29, 0.717) is 18.9 Å². The highest BCUT2D eigenvalue weighted by Crippen LogP contribution is 1.96. The number of hydrogen-bond donors (Lipinski definition) is 1. The molecule has 78 valence electrons. The van der Waals surface area contributed by atoms with Crippen LogP contribution in [0.4, 0.5) is 5.82 Å². The minimum Gasteiger partial charge on any atom is -0.382 e. The molecule has 2 N–H and O–H groups in total. The lowest BCUT2D eigenvalue weighted by Gasteiger charge is -2.04. The predicted octanol–water partition coefficient (Wildman–Crippen LogP) is 0.327. The number of rotatable bonds is 3. The molecular formula is C10H12N4O. The summed E-state index contributed by atoms with van der Waals surface area (Å²) in [6.45, 7) is 1.31. The number of nitrogens with two attached hydrogens (primary N) is 1. The fraction of sp³-hybridized carbons (Fsp3) is 0.200. The van der Waals surface area contributed by atoms with Crippen LogP contribution in [-0.4, -0.2) is 14.1 Å². The van der Waals surface area contributed by atoms with Crippen molar-refractivity contribution in [1.82, 2.24) is 14.1 Å². The summed E-state index contributed by atoms with van der Waals surface area (Å²) in [6.07, 6.45) is 5.17. The first-order valence-corrected chi connectivity index (χ1v) is 4.68. The molecule has 15 heavy (non-hydrogen) atoms. The van der Waals surface area contributed by atoms with E-state index in [9.17, 15) is 4.79 Å². The molecule has 0 aliphatic heterocycles. The van der Waals surface area contributed by atoms with E-state index in [0.717, 1.165) is 0 Å². The van der Waals surface area contributed by atoms with Crippen molar-refractivity contribution in [2.24, 2.45) is 0 Å². The fourth-order valence-electron chi connectivity index (χ4n) is 1.37. The fourth-order valence-corrected chi connectivity index (χ4v) is 1.37. The first-order valence-electron chi connectivity index (χ1n) is 4.68. The molecule has 5 nitrogen and oxygen atoms in total. The molecular weight excluding hydrogens is 192 g/mol. The molecule has 2 rings (SSSR count). The molecule has 0 radical (unpaired) electrons. The molecule has 0 atom stereocenters. The maximum absolute atomic E-state index is 11.4. The number of anilines is 1. The molecule has 5 heteroatoms. The molecule has 0 spiro atoms. The Hall–Kier alpha value is -2.04. The van der Waals surface area contributed by atoms with Gasteiger partial charge >= 0.3 is 0 Å². The molecule has 0 saturated heterocycles. The zero-order valence-corrected chi connectivity index (χ0v) is 8.21. The number of hydrogen-bond acceptors (Lipinski definition) is 3. The van der Waals surface area contributed by atoms with Crippen LogP contribution < -0.4 is 11.3 Å². The lowest BCUT2D eigenvalue weighted by molar-refractivity contribution is 0.565. The third kappa shape index (κ3) is 2.25. The minimum absolute atomic E-state index is 0.00517. The first kappa shape index (κ1) is 9.51. The summed E-state index contributed by atoms with van der Waals surface area (Å²) in [4.78, 5) is 15.3. The van der Waals surface area contributed by atoms with Gasteiger partial charge in [0, 0.05) is 31.5 Å². The number of aryl methyl sites for hydroxylation is 2. The van der Waals surface area contributed by atoms with Crippen LogP contribution >= 0.6 is 0 Å². The van der Waals surface area contributed by atoms with Crippen LogP contribution in [0, 0.1) is 0 Å². The normalized spacial score (nSPS) is 10.4. The second-order valence-electron chi connectivity index (χ2n) is 3.27. The Balaban J connectivity index is 2.05. The van der Waals surface area contributed by atoms with Crippen LogP contribution in [0.2, 0.25) is 0 Å². The molecule has 2 heterocycles. The summed E-state index contributed by atoms with van der Waals surface area (Å²) < 4.78 is 3.50. The Bertz CT molecular complexity index is 500. The maximum atomic E-state index is 11.4. The summed E-state index contributed by atoms with van der Waals surface area (Å²) in [7, 11) is 0. The van der Waals surface area contributed by atoms with Crippen molar-refractivity contribution in [2.45, 2.75) is 13.1 Å². The smallest absolute Gasteiger partial charge is 0.250 e. The molecule has 0 bridgehead atoms. The van der Waals surface area contributed by atoms with Gasteiger partial charge in [-0.25, -0.2) is 4.98 Å². The van der Waals surface area contributed by atoms with E-state index in [1.807, 2.05) is 10.6 Å². The van der Waals surface area contributed by atoms with Gasteiger partial charge in [-0.3, -0.25) is 4.79 Å². The minimum atomic E-state index is 0.00517. The topological polar surface area (TPSA) is 65.8 Å². The zero-order chi connectivity index (χ0) is 10.7. The monoisotopic (exact) mass is 204 g/mol. The number of nitrogen functional groups attached to an aromatic ring is 1. The van der Waals surface area contributed by atoms with E-state index in [2.05, 4.69) is 4.98 Å². The number of nitrogens with zero attached hydrogens (tertiary/aromatic N) is 3. The van der Waals surface area contributed by atoms with Gasteiger partial charge in [0.15, 0.2) is 0 Å². The molecule has 0 aromatic carbocycles. The highest BCUT2D eigenvalue weighted by Gasteiger charge is 1.96. The van der Waals surface area contributed by atoms with Gasteiger partial charge in [0.05, 0.1) is 6.33 Å². The molecule has 0 aliphatic rings. The molecule has 2 aromatic rings. The van der Waals surface area contributed by atoms with E-state index in [-0.39, 0.29) is 5.56 Å². The Morgan fingerprint density at radius 1 is 1.33 bits per heavy atom. The zero-order valence-electron chi connectivity index (χ0n) is 8.21. The van der Waals surface area contributed by atoms with Crippen molar-refractivity contribution < 1.29 is 0 Å². The van der Waals surface area contributed by atoms with Crippen molar-refractivity contribution in [3.8, 4) is 0 Å². The van der Waals surface area contributed by atoms with Gasteiger partial charge in [-0.15, -0.1) is 0 Å². The highest BCUT2D eigenvalue weighted by molar-refractivity contribution is 5.22. The molecule has 0 aliphatic carbocycles. The third-order valence-electron chi connectivity index (χ3n) is 2.15. The Labute approximate surface area is 86.8 Å². The number of aromatic nitrogens is 3. The second kappa shape index (κ2) is 4.00. The first-order chi connectivity index (χ1) is 7.25. The molecule has 0 unspecified atom stereocenters. The van der Waals surface area contributed by atoms with Gasteiger partial charge in [0.25, 0.3) is 5.56 Å². The van der Waals surface area contributed by atoms with Gasteiger partial charge in [-0.05, 0) is 6.07 Å². The average Bonchev–Trinajstić information content (AvgIpc) is 2.63. The SMILES string of the molecule is Nc1cn(CCn2ccccc2=O)cn1. The van der Waals surface area contributed by atoms with Gasteiger partial charge in [-0.2, -0.15) is 0 Å². The Morgan fingerprint density at radius 2 is 2.20 bits per heavy atom. The van der Waals surface area contributed by atoms with Crippen LogP contribution in [-0.2, 0) is 13.1 Å². The van der Waals surface area contributed by atoms with Crippen molar-refractivity contribution in [3.05, 3.63) is 47.3 Å². The second-order valence-corrected chi connectivity index (χ2v) is 3.27. The molecule has 0 fully saturated rings. The van der Waals surface area contributed by atoms with Gasteiger partial charge < -0.3 is 14.9 Å². The predicted molar refractivity (Wildman–Crippen MR) is 57.3 cm³/mol. The van der Waals surface area contributed by atoms with Crippen molar-refractivity contribution >= 4 is 5.82 Å². The van der Waals surface area contributed by atoms with Crippen molar-refractivity contribution in [2.75, 3.05) is 5.73 Å². The molecule has 0 amide bonds. The van der Waals surface area contributed by atoms with Gasteiger partial charge in [0.2, 0.25) is 0 Å². The van der Waals surface area contributed by atoms with Crippen LogP contribution in [0.15, 0.2) is 41.7 Å². The summed E-state index contributed by atoms with van der Waals surface area (Å²) in [6, 6.07) is 5.11. The van der Waals surface area contributed by atoms with Crippen LogP contribution in [0.1, 0.15) is 0 Å². The average molecular weight is 204 g/mol. The van der Waals surface area contributed by atoms with E-state index >= 15 is 0 Å². The summed E-state index contributed by atoms with van der Waals surface area (Å²) in [5.41, 5.74) is 5.48. The Morgan fingerprint density at radius 3 is 2.87 bits per heavy atom. The maximum Gasteiger partial charge on any atom is 0.250 e. The van der Waals surface area contributed by atoms with Crippen molar-refractivity contribution in [1.29, 1.82) is 0 Å². The van der Waals surface area contributed by atoms with E-state index in [1.54, 1.807) is 35.4 Å².